The summed E-state index contributed by atoms with van der Waals surface area (Å²) < 4.78 is 0. The van der Waals surface area contributed by atoms with Crippen LogP contribution < -0.4 is 10.2 Å². The molecule has 25 heavy (non-hydrogen) atoms. The minimum absolute atomic E-state index is 0.121. The number of anilines is 1. The second kappa shape index (κ2) is 8.14. The SMILES string of the molecule is Cc1nc(N2CCCCCCC2)ncc1[C@H](C)NC(=O)c1ccc[nH]1. The molecule has 1 atom stereocenters. The number of carbonyl (C=O) groups excluding carboxylic acids is 1. The van der Waals surface area contributed by atoms with Gasteiger partial charge in [0, 0.05) is 36.7 Å². The molecule has 3 rings (SSSR count). The van der Waals surface area contributed by atoms with E-state index in [0.717, 1.165) is 30.3 Å². The number of hydrogen-bond acceptors (Lipinski definition) is 4. The first-order valence-corrected chi connectivity index (χ1v) is 9.18. The number of aryl methyl sites for hydroxylation is 1. The van der Waals surface area contributed by atoms with Crippen LogP contribution in [0.4, 0.5) is 5.95 Å². The van der Waals surface area contributed by atoms with Crippen molar-refractivity contribution in [2.24, 2.45) is 0 Å². The van der Waals surface area contributed by atoms with Crippen molar-refractivity contribution in [3.05, 3.63) is 41.5 Å². The van der Waals surface area contributed by atoms with Crippen LogP contribution in [-0.4, -0.2) is 33.9 Å². The summed E-state index contributed by atoms with van der Waals surface area (Å²) >= 11 is 0. The highest BCUT2D eigenvalue weighted by Gasteiger charge is 2.17. The Morgan fingerprint density at radius 3 is 2.60 bits per heavy atom. The van der Waals surface area contributed by atoms with Crippen LogP contribution in [0, 0.1) is 6.92 Å². The number of amides is 1. The number of aromatic nitrogens is 3. The molecule has 0 radical (unpaired) electrons. The van der Waals surface area contributed by atoms with E-state index in [4.69, 9.17) is 4.98 Å². The molecule has 0 bridgehead atoms. The fraction of sp³-hybridized carbons (Fsp3) is 0.526. The van der Waals surface area contributed by atoms with Crippen LogP contribution >= 0.6 is 0 Å². The standard InChI is InChI=1S/C19H27N5O/c1-14(22-18(25)17-9-8-10-20-17)16-13-21-19(23-15(16)2)24-11-6-4-3-5-7-12-24/h8-10,13-14,20H,3-7,11-12H2,1-2H3,(H,22,25)/t14-/m0/s1. The molecular formula is C19H27N5O. The van der Waals surface area contributed by atoms with Gasteiger partial charge < -0.3 is 15.2 Å². The van der Waals surface area contributed by atoms with E-state index < -0.39 is 0 Å². The first-order valence-electron chi connectivity index (χ1n) is 9.18. The second-order valence-electron chi connectivity index (χ2n) is 6.74. The Morgan fingerprint density at radius 2 is 1.96 bits per heavy atom. The second-order valence-corrected chi connectivity index (χ2v) is 6.74. The van der Waals surface area contributed by atoms with Gasteiger partial charge in [0.1, 0.15) is 5.69 Å². The van der Waals surface area contributed by atoms with Gasteiger partial charge in [0.15, 0.2) is 0 Å². The van der Waals surface area contributed by atoms with E-state index in [1.54, 1.807) is 12.3 Å². The lowest BCUT2D eigenvalue weighted by atomic mass is 10.1. The predicted molar refractivity (Wildman–Crippen MR) is 98.7 cm³/mol. The van der Waals surface area contributed by atoms with Gasteiger partial charge in [0.25, 0.3) is 5.91 Å². The van der Waals surface area contributed by atoms with Crippen molar-refractivity contribution in [2.75, 3.05) is 18.0 Å². The molecule has 2 aromatic heterocycles. The number of hydrogen-bond donors (Lipinski definition) is 2. The maximum Gasteiger partial charge on any atom is 0.268 e. The Balaban J connectivity index is 1.69. The Kier molecular flexibility index (Phi) is 5.68. The Morgan fingerprint density at radius 1 is 1.24 bits per heavy atom. The molecule has 1 aliphatic heterocycles. The van der Waals surface area contributed by atoms with Crippen LogP contribution in [0.25, 0.3) is 0 Å². The van der Waals surface area contributed by atoms with E-state index in [1.807, 2.05) is 26.1 Å². The third-order valence-electron chi connectivity index (χ3n) is 4.80. The Bertz CT molecular complexity index is 690. The topological polar surface area (TPSA) is 73.9 Å². The average Bonchev–Trinajstić information content (AvgIpc) is 3.09. The quantitative estimate of drug-likeness (QED) is 0.894. The van der Waals surface area contributed by atoms with Crippen molar-refractivity contribution in [3.8, 4) is 0 Å². The average molecular weight is 341 g/mol. The van der Waals surface area contributed by atoms with Gasteiger partial charge in [-0.2, -0.15) is 0 Å². The van der Waals surface area contributed by atoms with Gasteiger partial charge in [-0.3, -0.25) is 4.79 Å². The lowest BCUT2D eigenvalue weighted by Gasteiger charge is -2.25. The number of nitrogens with one attached hydrogen (secondary N) is 2. The summed E-state index contributed by atoms with van der Waals surface area (Å²) in [4.78, 5) is 26.7. The van der Waals surface area contributed by atoms with E-state index in [1.165, 1.54) is 32.1 Å². The van der Waals surface area contributed by atoms with Gasteiger partial charge in [-0.25, -0.2) is 9.97 Å². The molecule has 2 aromatic rings. The summed E-state index contributed by atoms with van der Waals surface area (Å²) in [5.74, 6) is 0.691. The smallest absolute Gasteiger partial charge is 0.268 e. The van der Waals surface area contributed by atoms with Crippen LogP contribution in [0.5, 0.6) is 0 Å². The van der Waals surface area contributed by atoms with E-state index in [9.17, 15) is 4.79 Å². The molecule has 1 saturated heterocycles. The van der Waals surface area contributed by atoms with Gasteiger partial charge in [0.05, 0.1) is 6.04 Å². The normalized spacial score (nSPS) is 16.8. The van der Waals surface area contributed by atoms with Crippen molar-refractivity contribution >= 4 is 11.9 Å². The Labute approximate surface area is 149 Å². The van der Waals surface area contributed by atoms with E-state index in [2.05, 4.69) is 20.2 Å². The van der Waals surface area contributed by atoms with Crippen LogP contribution in [0.1, 0.15) is 66.8 Å². The molecule has 134 valence electrons. The summed E-state index contributed by atoms with van der Waals surface area (Å²) in [5.41, 5.74) is 2.43. The predicted octanol–water partition coefficient (Wildman–Crippen LogP) is 3.37. The van der Waals surface area contributed by atoms with Crippen LogP contribution in [0.15, 0.2) is 24.5 Å². The van der Waals surface area contributed by atoms with Crippen molar-refractivity contribution < 1.29 is 4.79 Å². The number of carbonyl (C=O) groups is 1. The molecule has 0 aliphatic carbocycles. The van der Waals surface area contributed by atoms with Gasteiger partial charge in [0.2, 0.25) is 5.95 Å². The first-order chi connectivity index (χ1) is 12.1. The molecule has 1 fully saturated rings. The number of rotatable bonds is 4. The zero-order valence-corrected chi connectivity index (χ0v) is 15.1. The number of nitrogens with zero attached hydrogens (tertiary/aromatic N) is 3. The summed E-state index contributed by atoms with van der Waals surface area (Å²) in [6.07, 6.45) is 9.91. The van der Waals surface area contributed by atoms with Crippen molar-refractivity contribution in [1.29, 1.82) is 0 Å². The third kappa shape index (κ3) is 4.38. The first kappa shape index (κ1) is 17.5. The molecule has 0 spiro atoms. The number of aromatic amines is 1. The van der Waals surface area contributed by atoms with Crippen molar-refractivity contribution in [2.45, 2.75) is 52.0 Å². The monoisotopic (exact) mass is 341 g/mol. The van der Waals surface area contributed by atoms with E-state index in [0.29, 0.717) is 5.69 Å². The molecule has 3 heterocycles. The third-order valence-corrected chi connectivity index (χ3v) is 4.80. The van der Waals surface area contributed by atoms with Gasteiger partial charge in [-0.15, -0.1) is 0 Å². The number of H-pyrrole nitrogens is 1. The summed E-state index contributed by atoms with van der Waals surface area (Å²) in [6, 6.07) is 3.43. The molecule has 0 aromatic carbocycles. The van der Waals surface area contributed by atoms with Crippen molar-refractivity contribution in [3.63, 3.8) is 0 Å². The van der Waals surface area contributed by atoms with Crippen LogP contribution in [-0.2, 0) is 0 Å². The maximum atomic E-state index is 12.2. The Hall–Kier alpha value is -2.37. The van der Waals surface area contributed by atoms with Gasteiger partial charge in [-0.05, 0) is 38.8 Å². The molecule has 0 unspecified atom stereocenters. The summed E-state index contributed by atoms with van der Waals surface area (Å²) in [5, 5.41) is 2.99. The molecule has 2 N–H and O–H groups in total. The highest BCUT2D eigenvalue weighted by Crippen LogP contribution is 2.20. The summed E-state index contributed by atoms with van der Waals surface area (Å²) in [7, 11) is 0. The van der Waals surface area contributed by atoms with Crippen LogP contribution in [0.3, 0.4) is 0 Å². The highest BCUT2D eigenvalue weighted by atomic mass is 16.1. The fourth-order valence-electron chi connectivity index (χ4n) is 3.31. The summed E-state index contributed by atoms with van der Waals surface area (Å²) in [6.45, 7) is 6.00. The molecule has 1 aliphatic rings. The highest BCUT2D eigenvalue weighted by molar-refractivity contribution is 5.92. The molecule has 6 nitrogen and oxygen atoms in total. The van der Waals surface area contributed by atoms with Gasteiger partial charge in [-0.1, -0.05) is 19.3 Å². The minimum atomic E-state index is -0.141. The largest absolute Gasteiger partial charge is 0.357 e. The van der Waals surface area contributed by atoms with Crippen LogP contribution in [0.2, 0.25) is 0 Å². The van der Waals surface area contributed by atoms with Crippen molar-refractivity contribution in [1.82, 2.24) is 20.3 Å². The van der Waals surface area contributed by atoms with Gasteiger partial charge >= 0.3 is 0 Å². The molecule has 0 saturated carbocycles. The lowest BCUT2D eigenvalue weighted by molar-refractivity contribution is 0.0935. The zero-order chi connectivity index (χ0) is 17.6. The zero-order valence-electron chi connectivity index (χ0n) is 15.1. The molecule has 1 amide bonds. The molecular weight excluding hydrogens is 314 g/mol. The minimum Gasteiger partial charge on any atom is -0.357 e. The lowest BCUT2D eigenvalue weighted by Crippen LogP contribution is -2.30. The fourth-order valence-corrected chi connectivity index (χ4v) is 3.31. The van der Waals surface area contributed by atoms with E-state index in [-0.39, 0.29) is 11.9 Å². The maximum absolute atomic E-state index is 12.2. The van der Waals surface area contributed by atoms with E-state index >= 15 is 0 Å². The molecule has 6 heteroatoms.